The first kappa shape index (κ1) is 15.8. The van der Waals surface area contributed by atoms with E-state index in [1.54, 1.807) is 32.5 Å². The standard InChI is InChI=1S/C11H21NO2S2/c1-5-8-15-9-6-12-7-10-16(13,14)11(2,3)4/h1,12H,6-10H2,2-4H3. The molecule has 0 aromatic carbocycles. The third-order valence-corrected chi connectivity index (χ3v) is 5.56. The fourth-order valence-electron chi connectivity index (χ4n) is 0.913. The Morgan fingerprint density at radius 2 is 1.94 bits per heavy atom. The first-order chi connectivity index (χ1) is 7.31. The molecule has 0 saturated heterocycles. The van der Waals surface area contributed by atoms with Gasteiger partial charge in [-0.1, -0.05) is 5.92 Å². The van der Waals surface area contributed by atoms with Crippen molar-refractivity contribution < 1.29 is 8.42 Å². The molecular weight excluding hydrogens is 242 g/mol. The number of hydrogen-bond acceptors (Lipinski definition) is 4. The van der Waals surface area contributed by atoms with E-state index in [0.29, 0.717) is 12.3 Å². The number of nitrogens with one attached hydrogen (secondary N) is 1. The largest absolute Gasteiger partial charge is 0.315 e. The van der Waals surface area contributed by atoms with Crippen LogP contribution in [0.15, 0.2) is 0 Å². The smallest absolute Gasteiger partial charge is 0.156 e. The Labute approximate surface area is 104 Å². The van der Waals surface area contributed by atoms with Gasteiger partial charge in [-0.15, -0.1) is 18.2 Å². The van der Waals surface area contributed by atoms with Gasteiger partial charge < -0.3 is 5.32 Å². The molecule has 0 amide bonds. The maximum Gasteiger partial charge on any atom is 0.156 e. The summed E-state index contributed by atoms with van der Waals surface area (Å²) in [4.78, 5) is 0. The summed E-state index contributed by atoms with van der Waals surface area (Å²) in [7, 11) is -3.00. The Balaban J connectivity index is 3.65. The van der Waals surface area contributed by atoms with Crippen LogP contribution in [0.3, 0.4) is 0 Å². The van der Waals surface area contributed by atoms with Crippen molar-refractivity contribution in [1.29, 1.82) is 0 Å². The van der Waals surface area contributed by atoms with Crippen LogP contribution in [0.5, 0.6) is 0 Å². The first-order valence-electron chi connectivity index (χ1n) is 5.25. The molecule has 0 radical (unpaired) electrons. The summed E-state index contributed by atoms with van der Waals surface area (Å²) in [5, 5.41) is 3.10. The zero-order valence-corrected chi connectivity index (χ0v) is 11.9. The van der Waals surface area contributed by atoms with Crippen LogP contribution >= 0.6 is 11.8 Å². The molecule has 0 unspecified atom stereocenters. The predicted octanol–water partition coefficient (Wildman–Crippen LogP) is 1.16. The minimum Gasteiger partial charge on any atom is -0.315 e. The monoisotopic (exact) mass is 263 g/mol. The van der Waals surface area contributed by atoms with E-state index in [0.717, 1.165) is 12.3 Å². The van der Waals surface area contributed by atoms with Gasteiger partial charge in [-0.05, 0) is 20.8 Å². The summed E-state index contributed by atoms with van der Waals surface area (Å²) in [6, 6.07) is 0. The van der Waals surface area contributed by atoms with Gasteiger partial charge in [0.1, 0.15) is 0 Å². The van der Waals surface area contributed by atoms with E-state index in [1.807, 2.05) is 0 Å². The summed E-state index contributed by atoms with van der Waals surface area (Å²) >= 11 is 1.67. The molecule has 3 nitrogen and oxygen atoms in total. The second-order valence-electron chi connectivity index (χ2n) is 4.44. The lowest BCUT2D eigenvalue weighted by atomic mass is 10.3. The summed E-state index contributed by atoms with van der Waals surface area (Å²) in [6.45, 7) is 6.49. The molecule has 5 heteroatoms. The lowest BCUT2D eigenvalue weighted by Crippen LogP contribution is -2.35. The van der Waals surface area contributed by atoms with Crippen molar-refractivity contribution in [3.05, 3.63) is 0 Å². The number of rotatable bonds is 7. The maximum absolute atomic E-state index is 11.7. The lowest BCUT2D eigenvalue weighted by Gasteiger charge is -2.19. The highest BCUT2D eigenvalue weighted by molar-refractivity contribution is 7.99. The van der Waals surface area contributed by atoms with E-state index in [1.165, 1.54) is 0 Å². The normalized spacial score (nSPS) is 12.4. The van der Waals surface area contributed by atoms with Crippen LogP contribution in [0.2, 0.25) is 0 Å². The topological polar surface area (TPSA) is 46.2 Å². The van der Waals surface area contributed by atoms with Crippen molar-refractivity contribution in [1.82, 2.24) is 5.32 Å². The Kier molecular flexibility index (Phi) is 7.12. The highest BCUT2D eigenvalue weighted by Gasteiger charge is 2.27. The fourth-order valence-corrected chi connectivity index (χ4v) is 2.49. The molecule has 0 aliphatic carbocycles. The Morgan fingerprint density at radius 3 is 2.44 bits per heavy atom. The van der Waals surface area contributed by atoms with Gasteiger partial charge in [-0.3, -0.25) is 0 Å². The molecule has 1 N–H and O–H groups in total. The summed E-state index contributed by atoms with van der Waals surface area (Å²) in [6.07, 6.45) is 5.10. The van der Waals surface area contributed by atoms with Crippen LogP contribution in [0, 0.1) is 12.3 Å². The third-order valence-electron chi connectivity index (χ3n) is 2.09. The molecule has 0 aromatic heterocycles. The van der Waals surface area contributed by atoms with Crippen molar-refractivity contribution in [3.8, 4) is 12.3 Å². The molecule has 0 fully saturated rings. The molecule has 94 valence electrons. The molecule has 0 aliphatic heterocycles. The van der Waals surface area contributed by atoms with Crippen LogP contribution in [0.4, 0.5) is 0 Å². The summed E-state index contributed by atoms with van der Waals surface area (Å²) in [5.41, 5.74) is 0. The highest BCUT2D eigenvalue weighted by Crippen LogP contribution is 2.15. The van der Waals surface area contributed by atoms with Crippen LogP contribution in [0.25, 0.3) is 0 Å². The molecule has 0 rings (SSSR count). The molecule has 0 saturated carbocycles. The van der Waals surface area contributed by atoms with Gasteiger partial charge >= 0.3 is 0 Å². The van der Waals surface area contributed by atoms with Crippen LogP contribution in [0.1, 0.15) is 20.8 Å². The molecular formula is C11H21NO2S2. The minimum atomic E-state index is -3.00. The van der Waals surface area contributed by atoms with Crippen molar-refractivity contribution in [2.24, 2.45) is 0 Å². The predicted molar refractivity (Wildman–Crippen MR) is 72.6 cm³/mol. The van der Waals surface area contributed by atoms with Gasteiger partial charge in [0.25, 0.3) is 0 Å². The molecule has 0 spiro atoms. The van der Waals surface area contributed by atoms with Gasteiger partial charge in [-0.2, -0.15) is 0 Å². The number of hydrogen-bond donors (Lipinski definition) is 1. The SMILES string of the molecule is C#CCSCCNCCS(=O)(=O)C(C)(C)C. The number of terminal acetylenes is 1. The van der Waals surface area contributed by atoms with E-state index in [-0.39, 0.29) is 5.75 Å². The minimum absolute atomic E-state index is 0.191. The molecule has 0 bridgehead atoms. The zero-order valence-electron chi connectivity index (χ0n) is 10.2. The van der Waals surface area contributed by atoms with E-state index < -0.39 is 14.6 Å². The van der Waals surface area contributed by atoms with E-state index in [2.05, 4.69) is 11.2 Å². The van der Waals surface area contributed by atoms with Gasteiger partial charge in [-0.25, -0.2) is 8.42 Å². The van der Waals surface area contributed by atoms with Gasteiger partial charge in [0, 0.05) is 18.8 Å². The van der Waals surface area contributed by atoms with E-state index in [9.17, 15) is 8.42 Å². The van der Waals surface area contributed by atoms with Crippen molar-refractivity contribution >= 4 is 21.6 Å². The Hall–Kier alpha value is -0.180. The third kappa shape index (κ3) is 6.41. The highest BCUT2D eigenvalue weighted by atomic mass is 32.2. The summed E-state index contributed by atoms with van der Waals surface area (Å²) < 4.78 is 22.8. The van der Waals surface area contributed by atoms with E-state index >= 15 is 0 Å². The fraction of sp³-hybridized carbons (Fsp3) is 0.818. The van der Waals surface area contributed by atoms with Gasteiger partial charge in [0.15, 0.2) is 9.84 Å². The zero-order chi connectivity index (χ0) is 12.7. The van der Waals surface area contributed by atoms with E-state index in [4.69, 9.17) is 6.42 Å². The van der Waals surface area contributed by atoms with Crippen molar-refractivity contribution in [3.63, 3.8) is 0 Å². The van der Waals surface area contributed by atoms with Gasteiger partial charge in [0.05, 0.1) is 16.3 Å². The van der Waals surface area contributed by atoms with Crippen molar-refractivity contribution in [2.45, 2.75) is 25.5 Å². The maximum atomic E-state index is 11.7. The van der Waals surface area contributed by atoms with Crippen LogP contribution in [-0.4, -0.2) is 43.5 Å². The average Bonchev–Trinajstić information content (AvgIpc) is 2.14. The number of thioether (sulfide) groups is 1. The van der Waals surface area contributed by atoms with Crippen LogP contribution < -0.4 is 5.32 Å². The second kappa shape index (κ2) is 7.21. The Bertz CT molecular complexity index is 323. The molecule has 16 heavy (non-hydrogen) atoms. The second-order valence-corrected chi connectivity index (χ2v) is 8.41. The Morgan fingerprint density at radius 1 is 1.31 bits per heavy atom. The number of sulfone groups is 1. The lowest BCUT2D eigenvalue weighted by molar-refractivity contribution is 0.557. The molecule has 0 aromatic rings. The first-order valence-corrected chi connectivity index (χ1v) is 8.06. The summed E-state index contributed by atoms with van der Waals surface area (Å²) in [5.74, 6) is 4.36. The van der Waals surface area contributed by atoms with Gasteiger partial charge in [0.2, 0.25) is 0 Å². The van der Waals surface area contributed by atoms with Crippen LogP contribution in [-0.2, 0) is 9.84 Å². The quantitative estimate of drug-likeness (QED) is 0.553. The molecule has 0 heterocycles. The average molecular weight is 263 g/mol. The molecule has 0 aliphatic rings. The van der Waals surface area contributed by atoms with Crippen molar-refractivity contribution in [2.75, 3.05) is 30.3 Å². The molecule has 0 atom stereocenters.